The van der Waals surface area contributed by atoms with Crippen LogP contribution in [-0.2, 0) is 6.61 Å². The first-order valence-electron chi connectivity index (χ1n) is 3.90. The Morgan fingerprint density at radius 3 is 2.29 bits per heavy atom. The zero-order chi connectivity index (χ0) is 10.7. The molecule has 1 aromatic rings. The second-order valence-corrected chi connectivity index (χ2v) is 2.73. The van der Waals surface area contributed by atoms with Gasteiger partial charge in [-0.15, -0.1) is 0 Å². The third-order valence-corrected chi connectivity index (χ3v) is 1.83. The van der Waals surface area contributed by atoms with E-state index in [2.05, 4.69) is 0 Å². The van der Waals surface area contributed by atoms with Gasteiger partial charge in [-0.05, 0) is 11.6 Å². The summed E-state index contributed by atoms with van der Waals surface area (Å²) in [7, 11) is 0. The van der Waals surface area contributed by atoms with Crippen LogP contribution in [0.4, 0.5) is 0 Å². The molecule has 5 N–H and O–H groups in total. The number of carbonyl (C=O) groups is 2. The van der Waals surface area contributed by atoms with Gasteiger partial charge in [0.1, 0.15) is 0 Å². The third kappa shape index (κ3) is 1.72. The van der Waals surface area contributed by atoms with E-state index in [1.54, 1.807) is 0 Å². The number of nitrogens with two attached hydrogens (primary N) is 2. The standard InChI is InChI=1S/C9H10N2O3/c10-8(13)6-3-1-2-5(4-12)7(6)9(11)14/h1-3,12H,4H2,(H2,10,13)(H2,11,14). The van der Waals surface area contributed by atoms with Crippen molar-refractivity contribution < 1.29 is 14.7 Å². The zero-order valence-corrected chi connectivity index (χ0v) is 7.36. The minimum Gasteiger partial charge on any atom is -0.392 e. The number of amides is 2. The minimum absolute atomic E-state index is 0.0116. The van der Waals surface area contributed by atoms with E-state index in [-0.39, 0.29) is 17.7 Å². The van der Waals surface area contributed by atoms with Crippen molar-refractivity contribution in [2.75, 3.05) is 0 Å². The zero-order valence-electron chi connectivity index (χ0n) is 7.36. The van der Waals surface area contributed by atoms with E-state index < -0.39 is 11.8 Å². The van der Waals surface area contributed by atoms with Crippen molar-refractivity contribution in [3.05, 3.63) is 34.9 Å². The normalized spacial score (nSPS) is 9.79. The number of rotatable bonds is 3. The predicted octanol–water partition coefficient (Wildman–Crippen LogP) is -0.623. The lowest BCUT2D eigenvalue weighted by atomic mass is 10.0. The van der Waals surface area contributed by atoms with Crippen molar-refractivity contribution in [2.45, 2.75) is 6.61 Å². The summed E-state index contributed by atoms with van der Waals surface area (Å²) in [6, 6.07) is 4.42. The fourth-order valence-corrected chi connectivity index (χ4v) is 1.23. The molecule has 0 heterocycles. The van der Waals surface area contributed by atoms with E-state index in [4.69, 9.17) is 16.6 Å². The fraction of sp³-hybridized carbons (Fsp3) is 0.111. The van der Waals surface area contributed by atoms with E-state index >= 15 is 0 Å². The van der Waals surface area contributed by atoms with Crippen molar-refractivity contribution in [1.29, 1.82) is 0 Å². The smallest absolute Gasteiger partial charge is 0.249 e. The molecule has 1 aromatic carbocycles. The topological polar surface area (TPSA) is 106 Å². The van der Waals surface area contributed by atoms with Crippen molar-refractivity contribution in [3.63, 3.8) is 0 Å². The first-order chi connectivity index (χ1) is 6.57. The van der Waals surface area contributed by atoms with Crippen LogP contribution in [0.5, 0.6) is 0 Å². The Kier molecular flexibility index (Phi) is 2.83. The summed E-state index contributed by atoms with van der Waals surface area (Å²) in [5.41, 5.74) is 10.4. The summed E-state index contributed by atoms with van der Waals surface area (Å²) >= 11 is 0. The van der Waals surface area contributed by atoms with Crippen LogP contribution in [-0.4, -0.2) is 16.9 Å². The Morgan fingerprint density at radius 2 is 1.86 bits per heavy atom. The Labute approximate surface area is 80.3 Å². The molecule has 0 spiro atoms. The van der Waals surface area contributed by atoms with Gasteiger partial charge in [0.2, 0.25) is 11.8 Å². The number of hydrogen-bond donors (Lipinski definition) is 3. The van der Waals surface area contributed by atoms with Crippen molar-refractivity contribution in [1.82, 2.24) is 0 Å². The fourth-order valence-electron chi connectivity index (χ4n) is 1.23. The monoisotopic (exact) mass is 194 g/mol. The minimum atomic E-state index is -0.775. The van der Waals surface area contributed by atoms with Crippen LogP contribution in [0.25, 0.3) is 0 Å². The van der Waals surface area contributed by atoms with E-state index in [1.807, 2.05) is 0 Å². The first-order valence-corrected chi connectivity index (χ1v) is 3.90. The predicted molar refractivity (Wildman–Crippen MR) is 49.4 cm³/mol. The molecule has 0 radical (unpaired) electrons. The van der Waals surface area contributed by atoms with Crippen LogP contribution < -0.4 is 11.5 Å². The molecule has 0 aliphatic rings. The van der Waals surface area contributed by atoms with Gasteiger partial charge in [0.15, 0.2) is 0 Å². The maximum atomic E-state index is 11.0. The van der Waals surface area contributed by atoms with E-state index in [1.165, 1.54) is 18.2 Å². The molecule has 1 rings (SSSR count). The van der Waals surface area contributed by atoms with Crippen LogP contribution in [0.3, 0.4) is 0 Å². The van der Waals surface area contributed by atoms with Gasteiger partial charge in [-0.2, -0.15) is 0 Å². The van der Waals surface area contributed by atoms with Crippen LogP contribution in [0.2, 0.25) is 0 Å². The summed E-state index contributed by atoms with van der Waals surface area (Å²) in [5.74, 6) is -1.52. The largest absolute Gasteiger partial charge is 0.392 e. The second-order valence-electron chi connectivity index (χ2n) is 2.73. The maximum Gasteiger partial charge on any atom is 0.249 e. The average molecular weight is 194 g/mol. The molecule has 2 amide bonds. The summed E-state index contributed by atoms with van der Waals surface area (Å²) in [6.07, 6.45) is 0. The van der Waals surface area contributed by atoms with Gasteiger partial charge >= 0.3 is 0 Å². The number of aliphatic hydroxyl groups is 1. The molecule has 0 fully saturated rings. The molecule has 0 saturated heterocycles. The molecule has 0 aliphatic heterocycles. The maximum absolute atomic E-state index is 11.0. The molecule has 0 aliphatic carbocycles. The first kappa shape index (κ1) is 10.2. The Balaban J connectivity index is 3.43. The highest BCUT2D eigenvalue weighted by Crippen LogP contribution is 2.13. The highest BCUT2D eigenvalue weighted by atomic mass is 16.3. The van der Waals surface area contributed by atoms with E-state index in [9.17, 15) is 9.59 Å². The lowest BCUT2D eigenvalue weighted by Gasteiger charge is -2.07. The van der Waals surface area contributed by atoms with E-state index in [0.29, 0.717) is 5.56 Å². The summed E-state index contributed by atoms with van der Waals surface area (Å²) < 4.78 is 0. The SMILES string of the molecule is NC(=O)c1cccc(CO)c1C(N)=O. The quantitative estimate of drug-likeness (QED) is 0.596. The molecule has 0 bridgehead atoms. The highest BCUT2D eigenvalue weighted by molar-refractivity contribution is 6.07. The van der Waals surface area contributed by atoms with Gasteiger partial charge in [-0.1, -0.05) is 12.1 Å². The number of carbonyl (C=O) groups excluding carboxylic acids is 2. The Hall–Kier alpha value is -1.88. The van der Waals surface area contributed by atoms with Crippen LogP contribution >= 0.6 is 0 Å². The van der Waals surface area contributed by atoms with Crippen LogP contribution in [0, 0.1) is 0 Å². The highest BCUT2D eigenvalue weighted by Gasteiger charge is 2.16. The van der Waals surface area contributed by atoms with Crippen molar-refractivity contribution >= 4 is 11.8 Å². The third-order valence-electron chi connectivity index (χ3n) is 1.83. The molecule has 0 aromatic heterocycles. The molecule has 5 nitrogen and oxygen atoms in total. The van der Waals surface area contributed by atoms with Crippen LogP contribution in [0.15, 0.2) is 18.2 Å². The number of hydrogen-bond acceptors (Lipinski definition) is 3. The lowest BCUT2D eigenvalue weighted by Crippen LogP contribution is -2.22. The van der Waals surface area contributed by atoms with Gasteiger partial charge in [-0.3, -0.25) is 9.59 Å². The number of benzene rings is 1. The van der Waals surface area contributed by atoms with E-state index in [0.717, 1.165) is 0 Å². The molecule has 5 heteroatoms. The second kappa shape index (κ2) is 3.89. The van der Waals surface area contributed by atoms with Gasteiger partial charge in [0.25, 0.3) is 0 Å². The molecule has 0 atom stereocenters. The van der Waals surface area contributed by atoms with Crippen LogP contribution in [0.1, 0.15) is 26.3 Å². The average Bonchev–Trinajstić information content (AvgIpc) is 2.16. The molecular weight excluding hydrogens is 184 g/mol. The molecule has 14 heavy (non-hydrogen) atoms. The van der Waals surface area contributed by atoms with Gasteiger partial charge in [0, 0.05) is 0 Å². The van der Waals surface area contributed by atoms with Crippen molar-refractivity contribution in [3.8, 4) is 0 Å². The molecule has 74 valence electrons. The number of primary amides is 2. The number of aliphatic hydroxyl groups excluding tert-OH is 1. The summed E-state index contributed by atoms with van der Waals surface area (Å²) in [6.45, 7) is -0.362. The van der Waals surface area contributed by atoms with Gasteiger partial charge in [0.05, 0.1) is 17.7 Å². The molecular formula is C9H10N2O3. The lowest BCUT2D eigenvalue weighted by molar-refractivity contribution is 0.0965. The summed E-state index contributed by atoms with van der Waals surface area (Å²) in [4.78, 5) is 21.9. The van der Waals surface area contributed by atoms with Crippen molar-refractivity contribution in [2.24, 2.45) is 11.5 Å². The molecule has 0 saturated carbocycles. The van der Waals surface area contributed by atoms with Gasteiger partial charge < -0.3 is 16.6 Å². The molecule has 0 unspecified atom stereocenters. The Morgan fingerprint density at radius 1 is 1.21 bits per heavy atom. The van der Waals surface area contributed by atoms with Gasteiger partial charge in [-0.25, -0.2) is 0 Å². The summed E-state index contributed by atoms with van der Waals surface area (Å²) in [5, 5.41) is 8.91. The Bertz CT molecular complexity index is 388.